The Morgan fingerprint density at radius 3 is 2.72 bits per heavy atom. The van der Waals surface area contributed by atoms with Crippen LogP contribution in [0.5, 0.6) is 0 Å². The minimum atomic E-state index is 0. The van der Waals surface area contributed by atoms with Gasteiger partial charge >= 0.3 is 0 Å². The predicted molar refractivity (Wildman–Crippen MR) is 114 cm³/mol. The van der Waals surface area contributed by atoms with Crippen LogP contribution in [0.4, 0.5) is 0 Å². The topological polar surface area (TPSA) is 70.4 Å². The number of aryl methyl sites for hydroxylation is 1. The zero-order chi connectivity index (χ0) is 17.4. The first-order chi connectivity index (χ1) is 11.6. The number of guanidine groups is 1. The molecule has 1 aromatic heterocycles. The molecule has 0 amide bonds. The SMILES string of the molecule is CCc1nncn1CCNC(=NC)NCC(C)N1CCC(C)CC1.I. The lowest BCUT2D eigenvalue weighted by Gasteiger charge is -2.35. The van der Waals surface area contributed by atoms with Crippen LogP contribution in [-0.4, -0.2) is 64.9 Å². The van der Waals surface area contributed by atoms with Crippen molar-refractivity contribution >= 4 is 29.9 Å². The van der Waals surface area contributed by atoms with Gasteiger partial charge in [0.2, 0.25) is 0 Å². The zero-order valence-corrected chi connectivity index (χ0v) is 18.4. The molecule has 0 saturated carbocycles. The molecule has 7 nitrogen and oxygen atoms in total. The molecule has 0 aliphatic carbocycles. The summed E-state index contributed by atoms with van der Waals surface area (Å²) in [5.41, 5.74) is 0. The van der Waals surface area contributed by atoms with Gasteiger partial charge in [-0.15, -0.1) is 34.2 Å². The number of aliphatic imine (C=N–C) groups is 1. The average Bonchev–Trinajstić information content (AvgIpc) is 3.05. The molecule has 1 aromatic rings. The summed E-state index contributed by atoms with van der Waals surface area (Å²) in [5.74, 6) is 2.76. The summed E-state index contributed by atoms with van der Waals surface area (Å²) in [6.07, 6.45) is 5.32. The van der Waals surface area contributed by atoms with Gasteiger partial charge in [0.15, 0.2) is 5.96 Å². The maximum atomic E-state index is 4.31. The Morgan fingerprint density at radius 2 is 2.08 bits per heavy atom. The highest BCUT2D eigenvalue weighted by Gasteiger charge is 2.20. The van der Waals surface area contributed by atoms with Gasteiger partial charge in [0.05, 0.1) is 0 Å². The highest BCUT2D eigenvalue weighted by molar-refractivity contribution is 14.0. The van der Waals surface area contributed by atoms with Crippen LogP contribution in [0.15, 0.2) is 11.3 Å². The standard InChI is InChI=1S/C17H33N7.HI/c1-5-16-22-21-13-24(16)11-8-19-17(18-4)20-12-15(3)23-9-6-14(2)7-10-23;/h13-15H,5-12H2,1-4H3,(H2,18,19,20);1H. The molecule has 1 saturated heterocycles. The first kappa shape index (κ1) is 22.1. The van der Waals surface area contributed by atoms with Crippen molar-refractivity contribution in [3.63, 3.8) is 0 Å². The van der Waals surface area contributed by atoms with Crippen LogP contribution in [0.1, 0.15) is 39.4 Å². The first-order valence-electron chi connectivity index (χ1n) is 9.19. The van der Waals surface area contributed by atoms with Gasteiger partial charge in [-0.3, -0.25) is 9.89 Å². The molecular weight excluding hydrogens is 429 g/mol. The van der Waals surface area contributed by atoms with E-state index in [1.807, 2.05) is 7.05 Å². The number of piperidine rings is 1. The molecule has 0 bridgehead atoms. The van der Waals surface area contributed by atoms with Crippen molar-refractivity contribution < 1.29 is 0 Å². The molecule has 144 valence electrons. The quantitative estimate of drug-likeness (QED) is 0.366. The van der Waals surface area contributed by atoms with E-state index in [1.165, 1.54) is 25.9 Å². The molecule has 1 aliphatic heterocycles. The Morgan fingerprint density at radius 1 is 1.36 bits per heavy atom. The monoisotopic (exact) mass is 463 g/mol. The number of nitrogens with one attached hydrogen (secondary N) is 2. The number of rotatable bonds is 7. The number of hydrogen-bond donors (Lipinski definition) is 2. The van der Waals surface area contributed by atoms with E-state index in [9.17, 15) is 0 Å². The highest BCUT2D eigenvalue weighted by atomic mass is 127. The molecule has 1 atom stereocenters. The van der Waals surface area contributed by atoms with E-state index in [-0.39, 0.29) is 24.0 Å². The van der Waals surface area contributed by atoms with Crippen molar-refractivity contribution in [3.8, 4) is 0 Å². The molecule has 0 aromatic carbocycles. The summed E-state index contributed by atoms with van der Waals surface area (Å²) in [6, 6.07) is 0.528. The average molecular weight is 463 g/mol. The van der Waals surface area contributed by atoms with Crippen molar-refractivity contribution in [1.82, 2.24) is 30.3 Å². The molecule has 1 aliphatic rings. The number of aromatic nitrogens is 3. The van der Waals surface area contributed by atoms with Crippen molar-refractivity contribution in [1.29, 1.82) is 0 Å². The van der Waals surface area contributed by atoms with Gasteiger partial charge in [-0.1, -0.05) is 13.8 Å². The number of nitrogens with zero attached hydrogens (tertiary/aromatic N) is 5. The molecule has 1 fully saturated rings. The normalized spacial score (nSPS) is 17.8. The van der Waals surface area contributed by atoms with Gasteiger partial charge in [0, 0.05) is 39.1 Å². The number of likely N-dealkylation sites (tertiary alicyclic amines) is 1. The van der Waals surface area contributed by atoms with E-state index in [2.05, 4.69) is 56.1 Å². The first-order valence-corrected chi connectivity index (χ1v) is 9.19. The van der Waals surface area contributed by atoms with Crippen molar-refractivity contribution in [2.24, 2.45) is 10.9 Å². The zero-order valence-electron chi connectivity index (χ0n) is 16.0. The third-order valence-corrected chi connectivity index (χ3v) is 4.89. The van der Waals surface area contributed by atoms with Crippen LogP contribution >= 0.6 is 24.0 Å². The minimum absolute atomic E-state index is 0. The van der Waals surface area contributed by atoms with Crippen LogP contribution in [0.3, 0.4) is 0 Å². The van der Waals surface area contributed by atoms with Crippen LogP contribution in [0.25, 0.3) is 0 Å². The summed E-state index contributed by atoms with van der Waals surface area (Å²) in [6.45, 7) is 11.7. The molecule has 25 heavy (non-hydrogen) atoms. The largest absolute Gasteiger partial charge is 0.355 e. The van der Waals surface area contributed by atoms with Crippen LogP contribution in [0, 0.1) is 5.92 Å². The van der Waals surface area contributed by atoms with Crippen LogP contribution in [-0.2, 0) is 13.0 Å². The van der Waals surface area contributed by atoms with Gasteiger partial charge < -0.3 is 15.2 Å². The van der Waals surface area contributed by atoms with Gasteiger partial charge in [-0.05, 0) is 38.8 Å². The van der Waals surface area contributed by atoms with E-state index in [1.54, 1.807) is 6.33 Å². The second-order valence-corrected chi connectivity index (χ2v) is 6.74. The van der Waals surface area contributed by atoms with E-state index < -0.39 is 0 Å². The van der Waals surface area contributed by atoms with Gasteiger partial charge in [0.25, 0.3) is 0 Å². The molecule has 1 unspecified atom stereocenters. The molecule has 2 rings (SSSR count). The maximum Gasteiger partial charge on any atom is 0.191 e. The lowest BCUT2D eigenvalue weighted by molar-refractivity contribution is 0.147. The molecule has 0 spiro atoms. The Labute approximate surface area is 169 Å². The van der Waals surface area contributed by atoms with Crippen molar-refractivity contribution in [2.75, 3.05) is 33.2 Å². The Hall–Kier alpha value is -0.900. The number of hydrogen-bond acceptors (Lipinski definition) is 4. The fourth-order valence-electron chi connectivity index (χ4n) is 3.10. The molecular formula is C17H34IN7. The van der Waals surface area contributed by atoms with Gasteiger partial charge in [-0.25, -0.2) is 0 Å². The van der Waals surface area contributed by atoms with E-state index in [4.69, 9.17) is 0 Å². The smallest absolute Gasteiger partial charge is 0.191 e. The molecule has 8 heteroatoms. The summed E-state index contributed by atoms with van der Waals surface area (Å²) in [5, 5.41) is 14.9. The van der Waals surface area contributed by atoms with E-state index in [0.29, 0.717) is 6.04 Å². The van der Waals surface area contributed by atoms with E-state index in [0.717, 1.165) is 43.8 Å². The minimum Gasteiger partial charge on any atom is -0.355 e. The summed E-state index contributed by atoms with van der Waals surface area (Å²) < 4.78 is 2.08. The van der Waals surface area contributed by atoms with Crippen molar-refractivity contribution in [2.45, 2.75) is 52.6 Å². The fraction of sp³-hybridized carbons (Fsp3) is 0.824. The van der Waals surface area contributed by atoms with Gasteiger partial charge in [-0.2, -0.15) is 0 Å². The Kier molecular flexibility index (Phi) is 10.3. The molecule has 2 N–H and O–H groups in total. The van der Waals surface area contributed by atoms with Crippen LogP contribution in [0.2, 0.25) is 0 Å². The Balaban J connectivity index is 0.00000312. The second-order valence-electron chi connectivity index (χ2n) is 6.74. The summed E-state index contributed by atoms with van der Waals surface area (Å²) >= 11 is 0. The number of halogens is 1. The second kappa shape index (κ2) is 11.7. The summed E-state index contributed by atoms with van der Waals surface area (Å²) in [4.78, 5) is 6.89. The Bertz CT molecular complexity index is 509. The maximum absolute atomic E-state index is 4.31. The van der Waals surface area contributed by atoms with Crippen molar-refractivity contribution in [3.05, 3.63) is 12.2 Å². The predicted octanol–water partition coefficient (Wildman–Crippen LogP) is 1.74. The van der Waals surface area contributed by atoms with E-state index >= 15 is 0 Å². The highest BCUT2D eigenvalue weighted by Crippen LogP contribution is 2.17. The third kappa shape index (κ3) is 7.08. The fourth-order valence-corrected chi connectivity index (χ4v) is 3.10. The summed E-state index contributed by atoms with van der Waals surface area (Å²) in [7, 11) is 1.82. The molecule has 2 heterocycles. The lowest BCUT2D eigenvalue weighted by Crippen LogP contribution is -2.48. The van der Waals surface area contributed by atoms with Gasteiger partial charge in [0.1, 0.15) is 12.2 Å². The molecule has 0 radical (unpaired) electrons. The lowest BCUT2D eigenvalue weighted by atomic mass is 9.98. The van der Waals surface area contributed by atoms with Crippen LogP contribution < -0.4 is 10.6 Å². The third-order valence-electron chi connectivity index (χ3n) is 4.89.